The fourth-order valence-corrected chi connectivity index (χ4v) is 2.56. The predicted molar refractivity (Wildman–Crippen MR) is 96.2 cm³/mol. The number of rotatable bonds is 9. The molecule has 0 radical (unpaired) electrons. The van der Waals surface area contributed by atoms with Crippen LogP contribution >= 0.6 is 0 Å². The second-order valence-electron chi connectivity index (χ2n) is 5.76. The number of nitrogens with zero attached hydrogens (tertiary/aromatic N) is 1. The van der Waals surface area contributed by atoms with Gasteiger partial charge in [0.05, 0.1) is 6.61 Å². The molecule has 0 aliphatic rings. The number of phenolic OH excluding ortho intramolecular Hbond substituents is 1. The van der Waals surface area contributed by atoms with E-state index >= 15 is 0 Å². The number of hydrogen-bond donors (Lipinski definition) is 2. The molecule has 2 aromatic rings. The molecule has 0 spiro atoms. The standard InChI is InChI=1S/C20H25NO3/c1-2-3-4-5-9-14-24-17-12-13-18(19(22)15-17)20(21-23)16-10-7-6-8-11-16/h6-8,10-13,15,22-23H,2-5,9,14H2,1H3/b21-20+. The molecule has 0 fully saturated rings. The smallest absolute Gasteiger partial charge is 0.128 e. The molecule has 2 aromatic carbocycles. The van der Waals surface area contributed by atoms with E-state index in [1.165, 1.54) is 19.3 Å². The number of oxime groups is 1. The van der Waals surface area contributed by atoms with Gasteiger partial charge in [-0.25, -0.2) is 0 Å². The molecular formula is C20H25NO3. The van der Waals surface area contributed by atoms with Crippen LogP contribution in [0.1, 0.15) is 50.2 Å². The second-order valence-corrected chi connectivity index (χ2v) is 5.76. The molecule has 0 aliphatic heterocycles. The third-order valence-corrected chi connectivity index (χ3v) is 3.89. The Labute approximate surface area is 143 Å². The quantitative estimate of drug-likeness (QED) is 0.296. The highest BCUT2D eigenvalue weighted by atomic mass is 16.5. The maximum Gasteiger partial charge on any atom is 0.128 e. The summed E-state index contributed by atoms with van der Waals surface area (Å²) < 4.78 is 5.68. The first kappa shape index (κ1) is 17.9. The van der Waals surface area contributed by atoms with Crippen LogP contribution < -0.4 is 4.74 Å². The Morgan fingerprint density at radius 1 is 1.00 bits per heavy atom. The van der Waals surface area contributed by atoms with Gasteiger partial charge in [0.2, 0.25) is 0 Å². The number of phenols is 1. The van der Waals surface area contributed by atoms with Crippen molar-refractivity contribution in [2.24, 2.45) is 5.16 Å². The van der Waals surface area contributed by atoms with E-state index in [1.807, 2.05) is 30.3 Å². The summed E-state index contributed by atoms with van der Waals surface area (Å²) in [6, 6.07) is 14.3. The topological polar surface area (TPSA) is 62.0 Å². The molecule has 0 saturated carbocycles. The Morgan fingerprint density at radius 2 is 1.75 bits per heavy atom. The zero-order valence-electron chi connectivity index (χ0n) is 14.1. The molecule has 128 valence electrons. The number of aromatic hydroxyl groups is 1. The zero-order valence-corrected chi connectivity index (χ0v) is 14.1. The SMILES string of the molecule is CCCCCCCOc1ccc(/C(=N/O)c2ccccc2)c(O)c1. The van der Waals surface area contributed by atoms with Crippen LogP contribution in [0.3, 0.4) is 0 Å². The average molecular weight is 327 g/mol. The summed E-state index contributed by atoms with van der Waals surface area (Å²) in [7, 11) is 0. The van der Waals surface area contributed by atoms with Gasteiger partial charge in [-0.05, 0) is 18.6 Å². The van der Waals surface area contributed by atoms with E-state index in [0.29, 0.717) is 23.6 Å². The fourth-order valence-electron chi connectivity index (χ4n) is 2.56. The summed E-state index contributed by atoms with van der Waals surface area (Å²) in [5, 5.41) is 22.9. The second kappa shape index (κ2) is 9.60. The fraction of sp³-hybridized carbons (Fsp3) is 0.350. The Kier molecular flexibility index (Phi) is 7.15. The van der Waals surface area contributed by atoms with E-state index in [1.54, 1.807) is 18.2 Å². The molecule has 0 heterocycles. The number of hydrogen-bond acceptors (Lipinski definition) is 4. The van der Waals surface area contributed by atoms with Crippen LogP contribution in [-0.2, 0) is 0 Å². The van der Waals surface area contributed by atoms with Crippen molar-refractivity contribution in [3.63, 3.8) is 0 Å². The lowest BCUT2D eigenvalue weighted by molar-refractivity contribution is 0.302. The predicted octanol–water partition coefficient (Wildman–Crippen LogP) is 4.97. The number of ether oxygens (including phenoxy) is 1. The van der Waals surface area contributed by atoms with Crippen molar-refractivity contribution in [3.8, 4) is 11.5 Å². The molecule has 4 heteroatoms. The van der Waals surface area contributed by atoms with Crippen molar-refractivity contribution in [2.75, 3.05) is 6.61 Å². The van der Waals surface area contributed by atoms with Gasteiger partial charge in [-0.15, -0.1) is 0 Å². The largest absolute Gasteiger partial charge is 0.507 e. The Morgan fingerprint density at radius 3 is 2.42 bits per heavy atom. The Bertz CT molecular complexity index is 653. The van der Waals surface area contributed by atoms with Crippen LogP contribution in [0.4, 0.5) is 0 Å². The van der Waals surface area contributed by atoms with Crippen LogP contribution in [0.2, 0.25) is 0 Å². The molecule has 2 rings (SSSR count). The zero-order chi connectivity index (χ0) is 17.2. The summed E-state index contributed by atoms with van der Waals surface area (Å²) in [4.78, 5) is 0. The molecule has 0 atom stereocenters. The van der Waals surface area contributed by atoms with E-state index in [2.05, 4.69) is 12.1 Å². The van der Waals surface area contributed by atoms with E-state index in [4.69, 9.17) is 4.74 Å². The van der Waals surface area contributed by atoms with E-state index < -0.39 is 0 Å². The highest BCUT2D eigenvalue weighted by Gasteiger charge is 2.13. The molecule has 0 aliphatic carbocycles. The lowest BCUT2D eigenvalue weighted by Crippen LogP contribution is -2.04. The summed E-state index contributed by atoms with van der Waals surface area (Å²) in [6.07, 6.45) is 5.89. The highest BCUT2D eigenvalue weighted by molar-refractivity contribution is 6.14. The van der Waals surface area contributed by atoms with Gasteiger partial charge >= 0.3 is 0 Å². The maximum atomic E-state index is 10.3. The normalized spacial score (nSPS) is 11.5. The van der Waals surface area contributed by atoms with Crippen molar-refractivity contribution in [2.45, 2.75) is 39.0 Å². The summed E-state index contributed by atoms with van der Waals surface area (Å²) >= 11 is 0. The first-order valence-electron chi connectivity index (χ1n) is 8.50. The van der Waals surface area contributed by atoms with Crippen molar-refractivity contribution >= 4 is 5.71 Å². The van der Waals surface area contributed by atoms with Gasteiger partial charge in [0.15, 0.2) is 0 Å². The van der Waals surface area contributed by atoms with E-state index in [-0.39, 0.29) is 5.75 Å². The van der Waals surface area contributed by atoms with Gasteiger partial charge in [-0.1, -0.05) is 68.1 Å². The molecule has 0 bridgehead atoms. The van der Waals surface area contributed by atoms with Crippen molar-refractivity contribution < 1.29 is 15.1 Å². The third-order valence-electron chi connectivity index (χ3n) is 3.89. The minimum atomic E-state index is 0.0372. The van der Waals surface area contributed by atoms with Crippen LogP contribution in [0.15, 0.2) is 53.7 Å². The summed E-state index contributed by atoms with van der Waals surface area (Å²) in [6.45, 7) is 2.84. The van der Waals surface area contributed by atoms with Gasteiger partial charge in [0.1, 0.15) is 17.2 Å². The lowest BCUT2D eigenvalue weighted by Gasteiger charge is -2.10. The summed E-state index contributed by atoms with van der Waals surface area (Å²) in [5.74, 6) is 0.659. The van der Waals surface area contributed by atoms with Crippen molar-refractivity contribution in [3.05, 3.63) is 59.7 Å². The molecule has 0 saturated heterocycles. The molecule has 4 nitrogen and oxygen atoms in total. The van der Waals surface area contributed by atoms with Gasteiger partial charge in [0.25, 0.3) is 0 Å². The molecule has 0 unspecified atom stereocenters. The van der Waals surface area contributed by atoms with Crippen molar-refractivity contribution in [1.82, 2.24) is 0 Å². The van der Waals surface area contributed by atoms with Crippen LogP contribution in [0.25, 0.3) is 0 Å². The highest BCUT2D eigenvalue weighted by Crippen LogP contribution is 2.26. The van der Waals surface area contributed by atoms with Crippen LogP contribution in [0.5, 0.6) is 11.5 Å². The van der Waals surface area contributed by atoms with Crippen LogP contribution in [0, 0.1) is 0 Å². The molecule has 0 amide bonds. The van der Waals surface area contributed by atoms with Gasteiger partial charge < -0.3 is 15.1 Å². The first-order chi connectivity index (χ1) is 11.8. The Hall–Kier alpha value is -2.49. The van der Waals surface area contributed by atoms with Gasteiger partial charge in [0, 0.05) is 17.2 Å². The van der Waals surface area contributed by atoms with Crippen molar-refractivity contribution in [1.29, 1.82) is 0 Å². The minimum absolute atomic E-state index is 0.0372. The monoisotopic (exact) mass is 327 g/mol. The van der Waals surface area contributed by atoms with Gasteiger partial charge in [-0.3, -0.25) is 0 Å². The first-order valence-corrected chi connectivity index (χ1v) is 8.50. The Balaban J connectivity index is 1.99. The third kappa shape index (κ3) is 5.01. The molecule has 24 heavy (non-hydrogen) atoms. The molecule has 0 aromatic heterocycles. The average Bonchev–Trinajstić information content (AvgIpc) is 2.61. The summed E-state index contributed by atoms with van der Waals surface area (Å²) in [5.41, 5.74) is 1.54. The van der Waals surface area contributed by atoms with E-state index in [9.17, 15) is 10.3 Å². The maximum absolute atomic E-state index is 10.3. The van der Waals surface area contributed by atoms with E-state index in [0.717, 1.165) is 18.4 Å². The lowest BCUT2D eigenvalue weighted by atomic mass is 10.0. The van der Waals surface area contributed by atoms with Gasteiger partial charge in [-0.2, -0.15) is 0 Å². The molecule has 2 N–H and O–H groups in total. The minimum Gasteiger partial charge on any atom is -0.507 e. The number of benzene rings is 2. The molecular weight excluding hydrogens is 302 g/mol. The number of unbranched alkanes of at least 4 members (excludes halogenated alkanes) is 4. The van der Waals surface area contributed by atoms with Crippen LogP contribution in [-0.4, -0.2) is 22.6 Å².